The first-order chi connectivity index (χ1) is 13.1. The molecule has 0 aromatic heterocycles. The van der Waals surface area contributed by atoms with Crippen molar-refractivity contribution in [1.82, 2.24) is 9.80 Å². The minimum absolute atomic E-state index is 0.00690. The third-order valence-corrected chi connectivity index (χ3v) is 5.58. The molecule has 0 aliphatic carbocycles. The average Bonchev–Trinajstić information content (AvgIpc) is 2.70. The number of rotatable bonds is 3. The van der Waals surface area contributed by atoms with Crippen molar-refractivity contribution in [3.8, 4) is 11.5 Å². The van der Waals surface area contributed by atoms with Crippen LogP contribution in [0.2, 0.25) is 10.0 Å². The summed E-state index contributed by atoms with van der Waals surface area (Å²) in [6, 6.07) is 11.1. The van der Waals surface area contributed by atoms with E-state index in [1.807, 2.05) is 17.0 Å². The molecule has 0 unspecified atom stereocenters. The van der Waals surface area contributed by atoms with E-state index in [1.54, 1.807) is 18.2 Å². The highest BCUT2D eigenvalue weighted by Gasteiger charge is 2.23. The van der Waals surface area contributed by atoms with Gasteiger partial charge >= 0.3 is 0 Å². The minimum Gasteiger partial charge on any atom is -0.486 e. The molecule has 2 aromatic carbocycles. The highest BCUT2D eigenvalue weighted by atomic mass is 35.5. The molecule has 0 radical (unpaired) electrons. The standard InChI is InChI=1S/C20H20Cl2N2O3/c21-16-3-2-15(12-17(16)22)20(25)24-7-5-23(6-8-24)13-14-1-4-18-19(11-14)27-10-9-26-18/h1-4,11-12H,5-10,13H2. The number of carbonyl (C=O) groups excluding carboxylic acids is 1. The fraction of sp³-hybridized carbons (Fsp3) is 0.350. The van der Waals surface area contributed by atoms with E-state index < -0.39 is 0 Å². The Bertz CT molecular complexity index is 851. The summed E-state index contributed by atoms with van der Waals surface area (Å²) >= 11 is 12.0. The molecule has 1 fully saturated rings. The van der Waals surface area contributed by atoms with Crippen molar-refractivity contribution in [2.24, 2.45) is 0 Å². The summed E-state index contributed by atoms with van der Waals surface area (Å²) in [5.41, 5.74) is 1.76. The highest BCUT2D eigenvalue weighted by Crippen LogP contribution is 2.31. The molecule has 4 rings (SSSR count). The summed E-state index contributed by atoms with van der Waals surface area (Å²) in [4.78, 5) is 16.9. The smallest absolute Gasteiger partial charge is 0.253 e. The number of nitrogens with zero attached hydrogens (tertiary/aromatic N) is 2. The Hall–Kier alpha value is -1.95. The first-order valence-corrected chi connectivity index (χ1v) is 9.71. The van der Waals surface area contributed by atoms with E-state index >= 15 is 0 Å². The SMILES string of the molecule is O=C(c1ccc(Cl)c(Cl)c1)N1CCN(Cc2ccc3c(c2)OCCO3)CC1. The Morgan fingerprint density at radius 2 is 1.63 bits per heavy atom. The Labute approximate surface area is 168 Å². The molecule has 2 aromatic rings. The van der Waals surface area contributed by atoms with E-state index in [1.165, 1.54) is 5.56 Å². The fourth-order valence-electron chi connectivity index (χ4n) is 3.37. The van der Waals surface area contributed by atoms with Crippen LogP contribution in [0.15, 0.2) is 36.4 Å². The molecular formula is C20H20Cl2N2O3. The Kier molecular flexibility index (Phi) is 5.43. The van der Waals surface area contributed by atoms with Gasteiger partial charge in [-0.3, -0.25) is 9.69 Å². The van der Waals surface area contributed by atoms with Gasteiger partial charge in [-0.2, -0.15) is 0 Å². The number of hydrogen-bond acceptors (Lipinski definition) is 4. The van der Waals surface area contributed by atoms with Crippen molar-refractivity contribution in [3.63, 3.8) is 0 Å². The largest absolute Gasteiger partial charge is 0.486 e. The number of benzene rings is 2. The topological polar surface area (TPSA) is 42.0 Å². The van der Waals surface area contributed by atoms with Gasteiger partial charge in [0.2, 0.25) is 0 Å². The van der Waals surface area contributed by atoms with Gasteiger partial charge in [-0.15, -0.1) is 0 Å². The van der Waals surface area contributed by atoms with Crippen molar-refractivity contribution in [2.75, 3.05) is 39.4 Å². The lowest BCUT2D eigenvalue weighted by Gasteiger charge is -2.35. The molecule has 0 bridgehead atoms. The molecule has 1 amide bonds. The van der Waals surface area contributed by atoms with Crippen LogP contribution in [0.3, 0.4) is 0 Å². The normalized spacial score (nSPS) is 17.0. The fourth-order valence-corrected chi connectivity index (χ4v) is 3.66. The number of ether oxygens (including phenoxy) is 2. The van der Waals surface area contributed by atoms with E-state index in [0.717, 1.165) is 31.1 Å². The van der Waals surface area contributed by atoms with Gasteiger partial charge in [-0.1, -0.05) is 29.3 Å². The third kappa shape index (κ3) is 4.15. The maximum atomic E-state index is 12.7. The van der Waals surface area contributed by atoms with Crippen LogP contribution in [0, 0.1) is 0 Å². The average molecular weight is 407 g/mol. The molecule has 1 saturated heterocycles. The molecule has 0 N–H and O–H groups in total. The zero-order chi connectivity index (χ0) is 18.8. The van der Waals surface area contributed by atoms with Crippen LogP contribution < -0.4 is 9.47 Å². The predicted molar refractivity (Wildman–Crippen MR) is 105 cm³/mol. The number of halogens is 2. The van der Waals surface area contributed by atoms with Crippen molar-refractivity contribution < 1.29 is 14.3 Å². The second-order valence-electron chi connectivity index (χ2n) is 6.68. The molecule has 142 valence electrons. The maximum Gasteiger partial charge on any atom is 0.253 e. The molecule has 0 atom stereocenters. The summed E-state index contributed by atoms with van der Waals surface area (Å²) in [6.45, 7) is 5.02. The summed E-state index contributed by atoms with van der Waals surface area (Å²) in [5.74, 6) is 1.61. The first kappa shape index (κ1) is 18.4. The van der Waals surface area contributed by atoms with Gasteiger partial charge in [-0.25, -0.2) is 0 Å². The summed E-state index contributed by atoms with van der Waals surface area (Å²) < 4.78 is 11.2. The van der Waals surface area contributed by atoms with Gasteiger partial charge in [-0.05, 0) is 35.9 Å². The predicted octanol–water partition coefficient (Wildman–Crippen LogP) is 3.72. The van der Waals surface area contributed by atoms with Crippen LogP contribution >= 0.6 is 23.2 Å². The van der Waals surface area contributed by atoms with Crippen molar-refractivity contribution in [3.05, 3.63) is 57.6 Å². The summed E-state index contributed by atoms with van der Waals surface area (Å²) in [5, 5.41) is 0.859. The lowest BCUT2D eigenvalue weighted by molar-refractivity contribution is 0.0628. The van der Waals surface area contributed by atoms with Crippen LogP contribution in [-0.4, -0.2) is 55.1 Å². The second-order valence-corrected chi connectivity index (χ2v) is 7.49. The Balaban J connectivity index is 1.34. The van der Waals surface area contributed by atoms with Crippen LogP contribution in [0.5, 0.6) is 11.5 Å². The summed E-state index contributed by atoms with van der Waals surface area (Å²) in [7, 11) is 0. The van der Waals surface area contributed by atoms with Crippen molar-refractivity contribution in [2.45, 2.75) is 6.54 Å². The first-order valence-electron chi connectivity index (χ1n) is 8.95. The Morgan fingerprint density at radius 1 is 0.889 bits per heavy atom. The second kappa shape index (κ2) is 7.97. The van der Waals surface area contributed by atoms with Crippen LogP contribution in [-0.2, 0) is 6.54 Å². The van der Waals surface area contributed by atoms with E-state index in [-0.39, 0.29) is 5.91 Å². The number of hydrogen-bond donors (Lipinski definition) is 0. The molecule has 2 aliphatic heterocycles. The molecular weight excluding hydrogens is 387 g/mol. The van der Waals surface area contributed by atoms with E-state index in [9.17, 15) is 4.79 Å². The van der Waals surface area contributed by atoms with Gasteiger partial charge in [0.15, 0.2) is 11.5 Å². The molecule has 0 spiro atoms. The maximum absolute atomic E-state index is 12.7. The molecule has 2 aliphatic rings. The lowest BCUT2D eigenvalue weighted by Crippen LogP contribution is -2.48. The lowest BCUT2D eigenvalue weighted by atomic mass is 10.1. The molecule has 0 saturated carbocycles. The van der Waals surface area contributed by atoms with Gasteiger partial charge in [0.1, 0.15) is 13.2 Å². The van der Waals surface area contributed by atoms with E-state index in [0.29, 0.717) is 41.9 Å². The van der Waals surface area contributed by atoms with Crippen LogP contribution in [0.4, 0.5) is 0 Å². The van der Waals surface area contributed by atoms with Crippen LogP contribution in [0.25, 0.3) is 0 Å². The van der Waals surface area contributed by atoms with Crippen molar-refractivity contribution in [1.29, 1.82) is 0 Å². The monoisotopic (exact) mass is 406 g/mol. The zero-order valence-corrected chi connectivity index (χ0v) is 16.3. The quantitative estimate of drug-likeness (QED) is 0.778. The molecule has 7 heteroatoms. The van der Waals surface area contributed by atoms with Crippen LogP contribution in [0.1, 0.15) is 15.9 Å². The Morgan fingerprint density at radius 3 is 2.37 bits per heavy atom. The molecule has 2 heterocycles. The van der Waals surface area contributed by atoms with Gasteiger partial charge < -0.3 is 14.4 Å². The number of piperazine rings is 1. The van der Waals surface area contributed by atoms with Gasteiger partial charge in [0, 0.05) is 38.3 Å². The number of amides is 1. The molecule has 5 nitrogen and oxygen atoms in total. The highest BCUT2D eigenvalue weighted by molar-refractivity contribution is 6.42. The number of fused-ring (bicyclic) bond motifs is 1. The summed E-state index contributed by atoms with van der Waals surface area (Å²) in [6.07, 6.45) is 0. The van der Waals surface area contributed by atoms with Gasteiger partial charge in [0.25, 0.3) is 5.91 Å². The zero-order valence-electron chi connectivity index (χ0n) is 14.8. The van der Waals surface area contributed by atoms with E-state index in [2.05, 4.69) is 11.0 Å². The third-order valence-electron chi connectivity index (χ3n) is 4.84. The van der Waals surface area contributed by atoms with Gasteiger partial charge in [0.05, 0.1) is 10.0 Å². The van der Waals surface area contributed by atoms with Crippen molar-refractivity contribution >= 4 is 29.1 Å². The molecule has 27 heavy (non-hydrogen) atoms. The number of carbonyl (C=O) groups is 1. The van der Waals surface area contributed by atoms with E-state index in [4.69, 9.17) is 32.7 Å². The minimum atomic E-state index is -0.00690.